The fourth-order valence-electron chi connectivity index (χ4n) is 1.05. The Morgan fingerprint density at radius 1 is 1.67 bits per heavy atom. The molecule has 54 valence electrons. The lowest BCUT2D eigenvalue weighted by Gasteiger charge is -2.02. The maximum Gasteiger partial charge on any atom is 0.113 e. The Balaban J connectivity index is 2.33. The first kappa shape index (κ1) is 7.03. The minimum absolute atomic E-state index is 0.0601. The van der Waals surface area contributed by atoms with Crippen molar-refractivity contribution in [3.8, 4) is 0 Å². The molecule has 0 amide bonds. The van der Waals surface area contributed by atoms with Crippen LogP contribution in [0.2, 0.25) is 0 Å². The van der Waals surface area contributed by atoms with Gasteiger partial charge in [0.1, 0.15) is 6.10 Å². The standard InChI is InChI=1S/C7H14O2/c1-4-5(8)6-7(2,3)9-6/h5-6,8H,4H2,1-3H3/t5-,6+/m1/s1. The van der Waals surface area contributed by atoms with E-state index in [0.717, 1.165) is 6.42 Å². The number of rotatable bonds is 2. The first-order valence-corrected chi connectivity index (χ1v) is 3.44. The van der Waals surface area contributed by atoms with Gasteiger partial charge in [0.05, 0.1) is 11.7 Å². The van der Waals surface area contributed by atoms with Crippen molar-refractivity contribution in [2.75, 3.05) is 0 Å². The van der Waals surface area contributed by atoms with Crippen LogP contribution in [0.15, 0.2) is 0 Å². The van der Waals surface area contributed by atoms with Crippen molar-refractivity contribution in [3.63, 3.8) is 0 Å². The molecule has 0 aliphatic carbocycles. The fourth-order valence-corrected chi connectivity index (χ4v) is 1.05. The summed E-state index contributed by atoms with van der Waals surface area (Å²) in [6.07, 6.45) is 0.608. The average molecular weight is 130 g/mol. The molecular weight excluding hydrogens is 116 g/mol. The van der Waals surface area contributed by atoms with Gasteiger partial charge in [0.25, 0.3) is 0 Å². The minimum atomic E-state index is -0.264. The van der Waals surface area contributed by atoms with Crippen molar-refractivity contribution < 1.29 is 9.84 Å². The summed E-state index contributed by atoms with van der Waals surface area (Å²) in [5, 5.41) is 9.21. The molecule has 0 unspecified atom stereocenters. The Kier molecular flexibility index (Phi) is 1.53. The van der Waals surface area contributed by atoms with Crippen molar-refractivity contribution in [1.82, 2.24) is 0 Å². The molecular formula is C7H14O2. The van der Waals surface area contributed by atoms with Crippen LogP contribution in [0.3, 0.4) is 0 Å². The monoisotopic (exact) mass is 130 g/mol. The number of hydrogen-bond donors (Lipinski definition) is 1. The molecule has 0 radical (unpaired) electrons. The van der Waals surface area contributed by atoms with Crippen molar-refractivity contribution in [2.45, 2.75) is 45.0 Å². The van der Waals surface area contributed by atoms with Gasteiger partial charge in [0.2, 0.25) is 0 Å². The fraction of sp³-hybridized carbons (Fsp3) is 1.00. The van der Waals surface area contributed by atoms with Gasteiger partial charge in [0, 0.05) is 0 Å². The van der Waals surface area contributed by atoms with E-state index in [2.05, 4.69) is 0 Å². The predicted octanol–water partition coefficient (Wildman–Crippen LogP) is 0.935. The highest BCUT2D eigenvalue weighted by Gasteiger charge is 2.51. The van der Waals surface area contributed by atoms with Crippen molar-refractivity contribution in [2.24, 2.45) is 0 Å². The highest BCUT2D eigenvalue weighted by molar-refractivity contribution is 4.98. The van der Waals surface area contributed by atoms with E-state index in [9.17, 15) is 5.11 Å². The second-order valence-corrected chi connectivity index (χ2v) is 3.12. The Morgan fingerprint density at radius 2 is 2.11 bits per heavy atom. The zero-order valence-corrected chi connectivity index (χ0v) is 6.22. The Morgan fingerprint density at radius 3 is 2.22 bits per heavy atom. The summed E-state index contributed by atoms with van der Waals surface area (Å²) in [4.78, 5) is 0. The first-order valence-electron chi connectivity index (χ1n) is 3.44. The summed E-state index contributed by atoms with van der Waals surface area (Å²) in [6, 6.07) is 0. The van der Waals surface area contributed by atoms with Gasteiger partial charge in [0.15, 0.2) is 0 Å². The third-order valence-corrected chi connectivity index (χ3v) is 1.83. The molecule has 2 atom stereocenters. The molecule has 1 saturated heterocycles. The lowest BCUT2D eigenvalue weighted by molar-refractivity contribution is 0.131. The van der Waals surface area contributed by atoms with Gasteiger partial charge in [-0.3, -0.25) is 0 Å². The quantitative estimate of drug-likeness (QED) is 0.564. The van der Waals surface area contributed by atoms with Crippen molar-refractivity contribution in [3.05, 3.63) is 0 Å². The molecule has 2 heteroatoms. The third kappa shape index (κ3) is 1.25. The lowest BCUT2D eigenvalue weighted by Crippen LogP contribution is -2.18. The largest absolute Gasteiger partial charge is 0.390 e. The van der Waals surface area contributed by atoms with Gasteiger partial charge in [-0.25, -0.2) is 0 Å². The SMILES string of the molecule is CC[C@@H](O)[C@@H]1OC1(C)C. The summed E-state index contributed by atoms with van der Waals surface area (Å²) in [6.45, 7) is 5.95. The van der Waals surface area contributed by atoms with Crippen LogP contribution >= 0.6 is 0 Å². The van der Waals surface area contributed by atoms with Crippen LogP contribution in [0.25, 0.3) is 0 Å². The van der Waals surface area contributed by atoms with Crippen LogP contribution in [0, 0.1) is 0 Å². The number of ether oxygens (including phenoxy) is 1. The van der Waals surface area contributed by atoms with E-state index in [0.29, 0.717) is 0 Å². The number of epoxide rings is 1. The second kappa shape index (κ2) is 1.96. The molecule has 0 spiro atoms. The number of aliphatic hydroxyl groups excluding tert-OH is 1. The summed E-state index contributed by atoms with van der Waals surface area (Å²) in [7, 11) is 0. The van der Waals surface area contributed by atoms with E-state index in [1.807, 2.05) is 20.8 Å². The highest BCUT2D eigenvalue weighted by Crippen LogP contribution is 2.38. The van der Waals surface area contributed by atoms with E-state index in [1.54, 1.807) is 0 Å². The average Bonchev–Trinajstić information content (AvgIpc) is 2.38. The van der Waals surface area contributed by atoms with Crippen LogP contribution < -0.4 is 0 Å². The molecule has 0 bridgehead atoms. The van der Waals surface area contributed by atoms with Crippen LogP contribution in [0.5, 0.6) is 0 Å². The summed E-state index contributed by atoms with van der Waals surface area (Å²) in [5.74, 6) is 0. The maximum atomic E-state index is 9.21. The van der Waals surface area contributed by atoms with Crippen molar-refractivity contribution in [1.29, 1.82) is 0 Å². The molecule has 1 heterocycles. The second-order valence-electron chi connectivity index (χ2n) is 3.12. The molecule has 0 saturated carbocycles. The van der Waals surface area contributed by atoms with Crippen LogP contribution in [0.4, 0.5) is 0 Å². The van der Waals surface area contributed by atoms with Gasteiger partial charge in [-0.05, 0) is 20.3 Å². The number of hydrogen-bond acceptors (Lipinski definition) is 2. The summed E-state index contributed by atoms with van der Waals surface area (Å²) < 4.78 is 5.21. The van der Waals surface area contributed by atoms with Gasteiger partial charge >= 0.3 is 0 Å². The summed E-state index contributed by atoms with van der Waals surface area (Å²) in [5.41, 5.74) is -0.0601. The third-order valence-electron chi connectivity index (χ3n) is 1.83. The first-order chi connectivity index (χ1) is 4.08. The van der Waals surface area contributed by atoms with Crippen LogP contribution in [0.1, 0.15) is 27.2 Å². The van der Waals surface area contributed by atoms with Gasteiger partial charge in [-0.15, -0.1) is 0 Å². The zero-order chi connectivity index (χ0) is 7.07. The molecule has 1 rings (SSSR count). The van der Waals surface area contributed by atoms with Crippen LogP contribution in [-0.2, 0) is 4.74 Å². The smallest absolute Gasteiger partial charge is 0.113 e. The van der Waals surface area contributed by atoms with E-state index < -0.39 is 0 Å². The normalized spacial score (nSPS) is 34.0. The molecule has 1 aliphatic rings. The highest BCUT2D eigenvalue weighted by atomic mass is 16.6. The Labute approximate surface area is 55.8 Å². The van der Waals surface area contributed by atoms with E-state index in [-0.39, 0.29) is 17.8 Å². The Hall–Kier alpha value is -0.0800. The van der Waals surface area contributed by atoms with Gasteiger partial charge in [-0.2, -0.15) is 0 Å². The molecule has 0 aromatic carbocycles. The molecule has 2 nitrogen and oxygen atoms in total. The minimum Gasteiger partial charge on any atom is -0.390 e. The summed E-state index contributed by atoms with van der Waals surface area (Å²) >= 11 is 0. The van der Waals surface area contributed by atoms with E-state index in [1.165, 1.54) is 0 Å². The predicted molar refractivity (Wildman–Crippen MR) is 35.2 cm³/mol. The Bertz CT molecular complexity index is 109. The topological polar surface area (TPSA) is 32.8 Å². The molecule has 1 N–H and O–H groups in total. The van der Waals surface area contributed by atoms with Gasteiger partial charge in [-0.1, -0.05) is 6.92 Å². The number of aliphatic hydroxyl groups is 1. The van der Waals surface area contributed by atoms with Crippen LogP contribution in [-0.4, -0.2) is 22.9 Å². The molecule has 0 aromatic rings. The van der Waals surface area contributed by atoms with Crippen molar-refractivity contribution >= 4 is 0 Å². The molecule has 1 fully saturated rings. The van der Waals surface area contributed by atoms with Gasteiger partial charge < -0.3 is 9.84 Å². The molecule has 1 aliphatic heterocycles. The van der Waals surface area contributed by atoms with E-state index in [4.69, 9.17) is 4.74 Å². The molecule has 0 aromatic heterocycles. The lowest BCUT2D eigenvalue weighted by atomic mass is 10.0. The molecule has 9 heavy (non-hydrogen) atoms. The maximum absolute atomic E-state index is 9.21. The van der Waals surface area contributed by atoms with E-state index >= 15 is 0 Å². The zero-order valence-electron chi connectivity index (χ0n) is 6.22.